The minimum absolute atomic E-state index is 0.00416. The van der Waals surface area contributed by atoms with E-state index in [1.54, 1.807) is 0 Å². The number of carboxylic acid groups (broad SMARTS) is 1. The van der Waals surface area contributed by atoms with E-state index in [1.807, 2.05) is 0 Å². The van der Waals surface area contributed by atoms with Gasteiger partial charge in [-0.1, -0.05) is 13.0 Å². The van der Waals surface area contributed by atoms with E-state index < -0.39 is 25.6 Å². The minimum atomic E-state index is -3.67. The lowest BCUT2D eigenvalue weighted by atomic mass is 10.2. The number of aromatic carboxylic acids is 1. The average Bonchev–Trinajstić information content (AvgIpc) is 2.38. The largest absolute Gasteiger partial charge is 0.478 e. The summed E-state index contributed by atoms with van der Waals surface area (Å²) in [4.78, 5) is 10.7. The van der Waals surface area contributed by atoms with Crippen molar-refractivity contribution in [2.24, 2.45) is 0 Å². The summed E-state index contributed by atoms with van der Waals surface area (Å²) in [6, 6.07) is 5.02. The molecule has 8 heteroatoms. The number of hydrogen-bond donors (Lipinski definition) is 1. The normalized spacial score (nSPS) is 12.2. The summed E-state index contributed by atoms with van der Waals surface area (Å²) >= 11 is 0. The van der Waals surface area contributed by atoms with E-state index in [1.165, 1.54) is 25.1 Å². The van der Waals surface area contributed by atoms with E-state index in [2.05, 4.69) is 0 Å². The molecule has 0 saturated heterocycles. The van der Waals surface area contributed by atoms with Crippen molar-refractivity contribution < 1.29 is 26.7 Å². The Morgan fingerprint density at radius 2 is 1.80 bits per heavy atom. The third-order valence-corrected chi connectivity index (χ3v) is 6.34. The van der Waals surface area contributed by atoms with E-state index in [0.717, 1.165) is 6.07 Å². The molecule has 0 spiro atoms. The summed E-state index contributed by atoms with van der Waals surface area (Å²) in [7, 11) is -6.88. The Labute approximate surface area is 118 Å². The van der Waals surface area contributed by atoms with Crippen molar-refractivity contribution in [3.63, 3.8) is 0 Å². The molecular weight excluding hydrogens is 304 g/mol. The van der Waals surface area contributed by atoms with Crippen LogP contribution in [0.5, 0.6) is 0 Å². The molecule has 1 N–H and O–H groups in total. The highest BCUT2D eigenvalue weighted by Gasteiger charge is 2.17. The zero-order valence-corrected chi connectivity index (χ0v) is 12.6. The van der Waals surface area contributed by atoms with Crippen LogP contribution in [0.3, 0.4) is 0 Å². The van der Waals surface area contributed by atoms with Crippen molar-refractivity contribution in [1.29, 1.82) is 0 Å². The minimum Gasteiger partial charge on any atom is -0.478 e. The van der Waals surface area contributed by atoms with Gasteiger partial charge in [0.05, 0.1) is 22.0 Å². The van der Waals surface area contributed by atoms with Crippen LogP contribution in [-0.2, 0) is 19.7 Å². The Balaban J connectivity index is 2.84. The highest BCUT2D eigenvalue weighted by molar-refractivity contribution is 7.92. The van der Waals surface area contributed by atoms with Gasteiger partial charge in [-0.3, -0.25) is 0 Å². The summed E-state index contributed by atoms with van der Waals surface area (Å²) in [6.45, 7) is 1.50. The molecule has 1 aromatic rings. The van der Waals surface area contributed by atoms with Gasteiger partial charge in [-0.05, 0) is 24.6 Å². The van der Waals surface area contributed by atoms with Gasteiger partial charge in [0.1, 0.15) is 9.84 Å². The molecule has 0 radical (unpaired) electrons. The third-order valence-electron chi connectivity index (χ3n) is 2.75. The summed E-state index contributed by atoms with van der Waals surface area (Å²) in [5, 5.41) is 8.82. The van der Waals surface area contributed by atoms with Gasteiger partial charge in [0, 0.05) is 5.75 Å². The van der Waals surface area contributed by atoms with Gasteiger partial charge in [-0.25, -0.2) is 21.6 Å². The predicted molar refractivity (Wildman–Crippen MR) is 74.4 cm³/mol. The van der Waals surface area contributed by atoms with Crippen molar-refractivity contribution in [3.05, 3.63) is 29.8 Å². The van der Waals surface area contributed by atoms with Gasteiger partial charge < -0.3 is 5.11 Å². The van der Waals surface area contributed by atoms with Crippen molar-refractivity contribution in [2.45, 2.75) is 18.2 Å². The lowest BCUT2D eigenvalue weighted by Crippen LogP contribution is -2.14. The zero-order chi connectivity index (χ0) is 15.4. The molecule has 0 aliphatic carbocycles. The maximum atomic E-state index is 12.0. The molecule has 0 aliphatic rings. The van der Waals surface area contributed by atoms with E-state index in [9.17, 15) is 21.6 Å². The molecule has 0 bridgehead atoms. The van der Waals surface area contributed by atoms with Crippen LogP contribution in [-0.4, -0.2) is 45.2 Å². The highest BCUT2D eigenvalue weighted by atomic mass is 32.2. The molecule has 1 rings (SSSR count). The molecule has 0 fully saturated rings. The van der Waals surface area contributed by atoms with Gasteiger partial charge in [0.25, 0.3) is 0 Å². The van der Waals surface area contributed by atoms with E-state index in [0.29, 0.717) is 0 Å². The molecule has 112 valence electrons. The Bertz CT molecular complexity index is 688. The first-order valence-corrected chi connectivity index (χ1v) is 9.42. The first-order valence-electron chi connectivity index (χ1n) is 5.94. The molecule has 0 heterocycles. The van der Waals surface area contributed by atoms with Crippen LogP contribution in [0.4, 0.5) is 0 Å². The van der Waals surface area contributed by atoms with Crippen LogP contribution in [0.15, 0.2) is 29.2 Å². The molecule has 0 aromatic heterocycles. The molecule has 0 atom stereocenters. The summed E-state index contributed by atoms with van der Waals surface area (Å²) in [5.41, 5.74) is -0.118. The molecule has 1 aromatic carbocycles. The van der Waals surface area contributed by atoms with Crippen LogP contribution < -0.4 is 0 Å². The van der Waals surface area contributed by atoms with Gasteiger partial charge in [0.2, 0.25) is 0 Å². The fraction of sp³-hybridized carbons (Fsp3) is 0.417. The first-order chi connectivity index (χ1) is 9.18. The standard InChI is InChI=1S/C12H16O6S2/c1-2-19(15,16)7-4-8-20(17,18)11-6-3-5-10(9-11)12(13)14/h3,5-6,9H,2,4,7-8H2,1H3,(H,13,14). The Morgan fingerprint density at radius 3 is 2.35 bits per heavy atom. The maximum Gasteiger partial charge on any atom is 0.335 e. The van der Waals surface area contributed by atoms with Crippen molar-refractivity contribution in [2.75, 3.05) is 17.3 Å². The average molecular weight is 320 g/mol. The fourth-order valence-corrected chi connectivity index (χ4v) is 3.96. The predicted octanol–water partition coefficient (Wildman–Crippen LogP) is 0.983. The Morgan fingerprint density at radius 1 is 1.15 bits per heavy atom. The molecule has 6 nitrogen and oxygen atoms in total. The fourth-order valence-electron chi connectivity index (χ4n) is 1.55. The van der Waals surface area contributed by atoms with E-state index >= 15 is 0 Å². The second kappa shape index (κ2) is 6.36. The van der Waals surface area contributed by atoms with Gasteiger partial charge in [0.15, 0.2) is 9.84 Å². The quantitative estimate of drug-likeness (QED) is 0.803. The van der Waals surface area contributed by atoms with Crippen molar-refractivity contribution in [1.82, 2.24) is 0 Å². The lowest BCUT2D eigenvalue weighted by molar-refractivity contribution is 0.0696. The number of sulfone groups is 2. The van der Waals surface area contributed by atoms with Gasteiger partial charge >= 0.3 is 5.97 Å². The number of carboxylic acids is 1. The van der Waals surface area contributed by atoms with Crippen LogP contribution >= 0.6 is 0 Å². The Hall–Kier alpha value is -1.41. The number of hydrogen-bond acceptors (Lipinski definition) is 5. The van der Waals surface area contributed by atoms with Crippen LogP contribution in [0, 0.1) is 0 Å². The number of benzene rings is 1. The second-order valence-electron chi connectivity index (χ2n) is 4.24. The molecule has 0 saturated carbocycles. The molecule has 0 aliphatic heterocycles. The van der Waals surface area contributed by atoms with Crippen LogP contribution in [0.2, 0.25) is 0 Å². The highest BCUT2D eigenvalue weighted by Crippen LogP contribution is 2.14. The summed E-state index contributed by atoms with van der Waals surface area (Å²) < 4.78 is 46.6. The molecular formula is C12H16O6S2. The first kappa shape index (κ1) is 16.6. The lowest BCUT2D eigenvalue weighted by Gasteiger charge is -2.05. The third kappa shape index (κ3) is 4.61. The molecule has 0 amide bonds. The zero-order valence-electron chi connectivity index (χ0n) is 10.9. The van der Waals surface area contributed by atoms with Crippen LogP contribution in [0.25, 0.3) is 0 Å². The van der Waals surface area contributed by atoms with Crippen LogP contribution in [0.1, 0.15) is 23.7 Å². The topological polar surface area (TPSA) is 106 Å². The molecule has 0 unspecified atom stereocenters. The van der Waals surface area contributed by atoms with Gasteiger partial charge in [-0.2, -0.15) is 0 Å². The van der Waals surface area contributed by atoms with E-state index in [4.69, 9.17) is 5.11 Å². The SMILES string of the molecule is CCS(=O)(=O)CCCS(=O)(=O)c1cccc(C(=O)O)c1. The smallest absolute Gasteiger partial charge is 0.335 e. The summed E-state index contributed by atoms with van der Waals surface area (Å²) in [6.07, 6.45) is -0.00416. The van der Waals surface area contributed by atoms with E-state index in [-0.39, 0.29) is 34.1 Å². The molecule has 20 heavy (non-hydrogen) atoms. The van der Waals surface area contributed by atoms with Crippen molar-refractivity contribution in [3.8, 4) is 0 Å². The van der Waals surface area contributed by atoms with Crippen molar-refractivity contribution >= 4 is 25.6 Å². The number of rotatable bonds is 7. The second-order valence-corrected chi connectivity index (χ2v) is 8.82. The summed E-state index contributed by atoms with van der Waals surface area (Å²) in [5.74, 6) is -1.76. The maximum absolute atomic E-state index is 12.0. The van der Waals surface area contributed by atoms with Gasteiger partial charge in [-0.15, -0.1) is 0 Å². The number of carbonyl (C=O) groups is 1. The Kier molecular flexibility index (Phi) is 5.29. The monoisotopic (exact) mass is 320 g/mol.